The number of fused-ring (bicyclic) bond motifs is 1. The second kappa shape index (κ2) is 5.53. The van der Waals surface area contributed by atoms with Crippen LogP contribution in [0.5, 0.6) is 0 Å². The number of non-ortho nitro benzene ring substituents is 1. The van der Waals surface area contributed by atoms with E-state index in [2.05, 4.69) is 20.0 Å². The van der Waals surface area contributed by atoms with E-state index in [9.17, 15) is 14.9 Å². The third-order valence-electron chi connectivity index (χ3n) is 2.66. The second-order valence-corrected chi connectivity index (χ2v) is 3.95. The molecule has 0 radical (unpaired) electrons. The molecule has 0 amide bonds. The third-order valence-corrected chi connectivity index (χ3v) is 2.66. The number of aliphatic hydroxyl groups is 1. The largest absolute Gasteiger partial charge is 0.467 e. The Hall–Kier alpha value is -2.68. The predicted octanol–water partition coefficient (Wildman–Crippen LogP) is 0.417. The lowest BCUT2D eigenvalue weighted by Gasteiger charge is -2.12. The Labute approximate surface area is 112 Å². The summed E-state index contributed by atoms with van der Waals surface area (Å²) in [7, 11) is 1.20. The number of nitro groups is 1. The minimum Gasteiger partial charge on any atom is -0.467 e. The fourth-order valence-corrected chi connectivity index (χ4v) is 1.67. The smallest absolute Gasteiger partial charge is 0.330 e. The van der Waals surface area contributed by atoms with Crippen LogP contribution in [0.1, 0.15) is 0 Å². The number of rotatable bonds is 5. The third kappa shape index (κ3) is 2.67. The summed E-state index contributed by atoms with van der Waals surface area (Å²) in [5.74, 6) is -0.427. The van der Waals surface area contributed by atoms with Crippen molar-refractivity contribution in [1.82, 2.24) is 9.97 Å². The van der Waals surface area contributed by atoms with Crippen LogP contribution in [0.3, 0.4) is 0 Å². The standard InChI is InChI=1S/C11H12N4O5/c1-20-10(17)9(5-16)14-11-12-7-3-2-6(15(18)19)4-8(7)13-11/h2-4,9,16H,5H2,1H3,(H2,12,13,14). The van der Waals surface area contributed by atoms with E-state index < -0.39 is 23.5 Å². The van der Waals surface area contributed by atoms with Gasteiger partial charge in [0.25, 0.3) is 5.69 Å². The number of aromatic nitrogens is 2. The molecule has 9 heteroatoms. The van der Waals surface area contributed by atoms with E-state index in [4.69, 9.17) is 5.11 Å². The number of aliphatic hydroxyl groups excluding tert-OH is 1. The lowest BCUT2D eigenvalue weighted by Crippen LogP contribution is -2.34. The van der Waals surface area contributed by atoms with Gasteiger partial charge in [-0.3, -0.25) is 10.1 Å². The van der Waals surface area contributed by atoms with E-state index in [0.29, 0.717) is 11.0 Å². The van der Waals surface area contributed by atoms with Crippen molar-refractivity contribution >= 4 is 28.6 Å². The Morgan fingerprint density at radius 1 is 1.65 bits per heavy atom. The van der Waals surface area contributed by atoms with E-state index in [1.165, 1.54) is 25.3 Å². The number of nitro benzene ring substituents is 1. The Morgan fingerprint density at radius 2 is 2.40 bits per heavy atom. The van der Waals surface area contributed by atoms with E-state index in [-0.39, 0.29) is 11.6 Å². The topological polar surface area (TPSA) is 130 Å². The SMILES string of the molecule is COC(=O)C(CO)Nc1nc2ccc([N+](=O)[O-])cc2[nH]1. The first kappa shape index (κ1) is 13.7. The molecule has 0 aliphatic carbocycles. The highest BCUT2D eigenvalue weighted by Crippen LogP contribution is 2.20. The number of methoxy groups -OCH3 is 1. The van der Waals surface area contributed by atoms with Gasteiger partial charge in [-0.15, -0.1) is 0 Å². The molecule has 106 valence electrons. The minimum absolute atomic E-state index is 0.0700. The molecule has 2 rings (SSSR count). The summed E-state index contributed by atoms with van der Waals surface area (Å²) in [6.07, 6.45) is 0. The highest BCUT2D eigenvalue weighted by atomic mass is 16.6. The van der Waals surface area contributed by atoms with Gasteiger partial charge in [0.1, 0.15) is 0 Å². The zero-order chi connectivity index (χ0) is 14.7. The number of hydrogen-bond acceptors (Lipinski definition) is 7. The fourth-order valence-electron chi connectivity index (χ4n) is 1.67. The van der Waals surface area contributed by atoms with Crippen molar-refractivity contribution in [1.29, 1.82) is 0 Å². The van der Waals surface area contributed by atoms with Crippen LogP contribution in [-0.2, 0) is 9.53 Å². The number of carbonyl (C=O) groups excluding carboxylic acids is 1. The number of esters is 1. The second-order valence-electron chi connectivity index (χ2n) is 3.95. The number of hydrogen-bond donors (Lipinski definition) is 3. The van der Waals surface area contributed by atoms with Crippen molar-refractivity contribution < 1.29 is 19.6 Å². The highest BCUT2D eigenvalue weighted by Gasteiger charge is 2.19. The number of anilines is 1. The monoisotopic (exact) mass is 280 g/mol. The van der Waals surface area contributed by atoms with Gasteiger partial charge < -0.3 is 20.1 Å². The van der Waals surface area contributed by atoms with Crippen LogP contribution < -0.4 is 5.32 Å². The summed E-state index contributed by atoms with van der Waals surface area (Å²) in [5.41, 5.74) is 0.877. The summed E-state index contributed by atoms with van der Waals surface area (Å²) in [6.45, 7) is -0.468. The molecule has 9 nitrogen and oxygen atoms in total. The van der Waals surface area contributed by atoms with E-state index in [0.717, 1.165) is 0 Å². The molecule has 0 bridgehead atoms. The maximum Gasteiger partial charge on any atom is 0.330 e. The number of aromatic amines is 1. The van der Waals surface area contributed by atoms with Crippen LogP contribution >= 0.6 is 0 Å². The molecule has 2 aromatic rings. The van der Waals surface area contributed by atoms with Crippen LogP contribution in [-0.4, -0.2) is 45.7 Å². The maximum atomic E-state index is 11.3. The maximum absolute atomic E-state index is 11.3. The van der Waals surface area contributed by atoms with Crippen molar-refractivity contribution in [2.24, 2.45) is 0 Å². The number of nitrogens with zero attached hydrogens (tertiary/aromatic N) is 2. The molecule has 1 heterocycles. The molecule has 3 N–H and O–H groups in total. The van der Waals surface area contributed by atoms with Gasteiger partial charge in [0.05, 0.1) is 29.7 Å². The minimum atomic E-state index is -0.962. The van der Waals surface area contributed by atoms with Gasteiger partial charge in [0.2, 0.25) is 5.95 Å². The molecule has 1 unspecified atom stereocenters. The summed E-state index contributed by atoms with van der Waals surface area (Å²) in [5, 5.41) is 22.4. The number of nitrogens with one attached hydrogen (secondary N) is 2. The molecule has 1 atom stereocenters. The Balaban J connectivity index is 2.27. The van der Waals surface area contributed by atoms with E-state index in [1.807, 2.05) is 0 Å². The van der Waals surface area contributed by atoms with Crippen molar-refractivity contribution in [3.05, 3.63) is 28.3 Å². The zero-order valence-electron chi connectivity index (χ0n) is 10.5. The van der Waals surface area contributed by atoms with Crippen LogP contribution in [0.2, 0.25) is 0 Å². The normalized spacial score (nSPS) is 12.1. The first-order chi connectivity index (χ1) is 9.55. The van der Waals surface area contributed by atoms with Gasteiger partial charge in [-0.1, -0.05) is 0 Å². The van der Waals surface area contributed by atoms with Crippen LogP contribution in [0.25, 0.3) is 11.0 Å². The average Bonchev–Trinajstić information content (AvgIpc) is 2.85. The molecule has 1 aromatic heterocycles. The Kier molecular flexibility index (Phi) is 3.80. The van der Waals surface area contributed by atoms with Gasteiger partial charge in [0.15, 0.2) is 6.04 Å². The molecular weight excluding hydrogens is 268 g/mol. The van der Waals surface area contributed by atoms with Crippen LogP contribution in [0, 0.1) is 10.1 Å². The highest BCUT2D eigenvalue weighted by molar-refractivity contribution is 5.82. The van der Waals surface area contributed by atoms with E-state index >= 15 is 0 Å². The Bertz CT molecular complexity index is 653. The summed E-state index contributed by atoms with van der Waals surface area (Å²) in [6, 6.07) is 3.19. The number of carbonyl (C=O) groups is 1. The van der Waals surface area contributed by atoms with E-state index in [1.54, 1.807) is 0 Å². The van der Waals surface area contributed by atoms with Gasteiger partial charge in [-0.25, -0.2) is 9.78 Å². The molecule has 0 aliphatic rings. The molecule has 0 saturated carbocycles. The van der Waals surface area contributed by atoms with Crippen molar-refractivity contribution in [2.45, 2.75) is 6.04 Å². The predicted molar refractivity (Wildman–Crippen MR) is 69.3 cm³/mol. The van der Waals surface area contributed by atoms with Crippen LogP contribution in [0.15, 0.2) is 18.2 Å². The molecule has 20 heavy (non-hydrogen) atoms. The summed E-state index contributed by atoms with van der Waals surface area (Å²) in [4.78, 5) is 28.4. The van der Waals surface area contributed by atoms with Gasteiger partial charge >= 0.3 is 5.97 Å². The van der Waals surface area contributed by atoms with Crippen LogP contribution in [0.4, 0.5) is 11.6 Å². The number of H-pyrrole nitrogens is 1. The first-order valence-corrected chi connectivity index (χ1v) is 5.64. The molecule has 0 aliphatic heterocycles. The van der Waals surface area contributed by atoms with Gasteiger partial charge in [-0.05, 0) is 6.07 Å². The van der Waals surface area contributed by atoms with Crippen molar-refractivity contribution in [2.75, 3.05) is 19.0 Å². The van der Waals surface area contributed by atoms with Crippen molar-refractivity contribution in [3.63, 3.8) is 0 Å². The van der Waals surface area contributed by atoms with Gasteiger partial charge in [0, 0.05) is 12.1 Å². The lowest BCUT2D eigenvalue weighted by atomic mass is 10.3. The quantitative estimate of drug-likeness (QED) is 0.411. The zero-order valence-corrected chi connectivity index (χ0v) is 10.5. The molecule has 0 fully saturated rings. The summed E-state index contributed by atoms with van der Waals surface area (Å²) < 4.78 is 4.51. The number of benzene rings is 1. The van der Waals surface area contributed by atoms with Gasteiger partial charge in [-0.2, -0.15) is 0 Å². The Morgan fingerprint density at radius 3 is 3.00 bits per heavy atom. The molecule has 0 saturated heterocycles. The number of ether oxygens (including phenoxy) is 1. The fraction of sp³-hybridized carbons (Fsp3) is 0.273. The first-order valence-electron chi connectivity index (χ1n) is 5.64. The summed E-state index contributed by atoms with van der Waals surface area (Å²) >= 11 is 0. The molecular formula is C11H12N4O5. The molecule has 1 aromatic carbocycles. The van der Waals surface area contributed by atoms with Crippen molar-refractivity contribution in [3.8, 4) is 0 Å². The lowest BCUT2D eigenvalue weighted by molar-refractivity contribution is -0.384. The molecule has 0 spiro atoms. The number of imidazole rings is 1. The average molecular weight is 280 g/mol.